The molecule has 1 aliphatic carbocycles. The summed E-state index contributed by atoms with van der Waals surface area (Å²) in [4.78, 5) is 8.35. The maximum Gasteiger partial charge on any atom is 0.144 e. The Bertz CT molecular complexity index is 496. The summed E-state index contributed by atoms with van der Waals surface area (Å²) in [6.45, 7) is 0. The number of anilines is 1. The number of nitrogens with one attached hydrogen (secondary N) is 1. The second-order valence-electron chi connectivity index (χ2n) is 4.38. The van der Waals surface area contributed by atoms with Crippen LogP contribution in [-0.2, 0) is 6.42 Å². The van der Waals surface area contributed by atoms with E-state index in [1.165, 1.54) is 24.0 Å². The zero-order valence-electron chi connectivity index (χ0n) is 9.63. The van der Waals surface area contributed by atoms with Crippen LogP contribution in [-0.4, -0.2) is 9.97 Å². The highest BCUT2D eigenvalue weighted by atomic mass is 15.0. The molecule has 17 heavy (non-hydrogen) atoms. The maximum absolute atomic E-state index is 4.27. The molecule has 0 radical (unpaired) electrons. The van der Waals surface area contributed by atoms with E-state index in [9.17, 15) is 0 Å². The third-order valence-electron chi connectivity index (χ3n) is 3.25. The van der Waals surface area contributed by atoms with Gasteiger partial charge in [-0.2, -0.15) is 0 Å². The summed E-state index contributed by atoms with van der Waals surface area (Å²) in [5.74, 6) is 0.856. The molecule has 1 heterocycles. The van der Waals surface area contributed by atoms with Gasteiger partial charge in [0.1, 0.15) is 5.82 Å². The molecule has 0 bridgehead atoms. The summed E-state index contributed by atoms with van der Waals surface area (Å²) in [5, 5.41) is 3.46. The van der Waals surface area contributed by atoms with Crippen LogP contribution in [0.25, 0.3) is 0 Å². The summed E-state index contributed by atoms with van der Waals surface area (Å²) in [7, 11) is 0. The number of aromatic nitrogens is 2. The SMILES string of the molecule is c1ccc2c(c1)CCCC2Nc1cnccn1. The number of fused-ring (bicyclic) bond motifs is 1. The topological polar surface area (TPSA) is 37.8 Å². The van der Waals surface area contributed by atoms with E-state index in [-0.39, 0.29) is 0 Å². The first-order chi connectivity index (χ1) is 8.43. The monoisotopic (exact) mass is 225 g/mol. The molecule has 1 unspecified atom stereocenters. The fraction of sp³-hybridized carbons (Fsp3) is 0.286. The van der Waals surface area contributed by atoms with Crippen molar-refractivity contribution >= 4 is 5.82 Å². The normalized spacial score (nSPS) is 18.5. The third kappa shape index (κ3) is 2.13. The van der Waals surface area contributed by atoms with E-state index in [0.717, 1.165) is 12.2 Å². The van der Waals surface area contributed by atoms with Gasteiger partial charge in [0.15, 0.2) is 0 Å². The molecular formula is C14H15N3. The molecule has 0 saturated heterocycles. The summed E-state index contributed by atoms with van der Waals surface area (Å²) >= 11 is 0. The van der Waals surface area contributed by atoms with Crippen molar-refractivity contribution in [3.05, 3.63) is 54.0 Å². The number of hydrogen-bond donors (Lipinski definition) is 1. The van der Waals surface area contributed by atoms with E-state index in [0.29, 0.717) is 6.04 Å². The minimum absolute atomic E-state index is 0.372. The van der Waals surface area contributed by atoms with Crippen molar-refractivity contribution in [2.45, 2.75) is 25.3 Å². The highest BCUT2D eigenvalue weighted by Gasteiger charge is 2.19. The number of nitrogens with zero attached hydrogens (tertiary/aromatic N) is 2. The molecule has 86 valence electrons. The van der Waals surface area contributed by atoms with Crippen LogP contribution in [0.4, 0.5) is 5.82 Å². The van der Waals surface area contributed by atoms with Crippen molar-refractivity contribution < 1.29 is 0 Å². The van der Waals surface area contributed by atoms with Crippen molar-refractivity contribution in [2.75, 3.05) is 5.32 Å². The van der Waals surface area contributed by atoms with Gasteiger partial charge in [-0.3, -0.25) is 4.98 Å². The van der Waals surface area contributed by atoms with Crippen LogP contribution >= 0.6 is 0 Å². The van der Waals surface area contributed by atoms with Crippen molar-refractivity contribution in [1.82, 2.24) is 9.97 Å². The maximum atomic E-state index is 4.27. The van der Waals surface area contributed by atoms with E-state index in [1.54, 1.807) is 18.6 Å². The second-order valence-corrected chi connectivity index (χ2v) is 4.38. The zero-order chi connectivity index (χ0) is 11.5. The Labute approximate surface area is 101 Å². The fourth-order valence-electron chi connectivity index (χ4n) is 2.46. The van der Waals surface area contributed by atoms with Crippen LogP contribution in [0, 0.1) is 0 Å². The molecule has 0 spiro atoms. The largest absolute Gasteiger partial charge is 0.362 e. The Morgan fingerprint density at radius 2 is 2.12 bits per heavy atom. The van der Waals surface area contributed by atoms with E-state index < -0.39 is 0 Å². The lowest BCUT2D eigenvalue weighted by Crippen LogP contribution is -2.17. The lowest BCUT2D eigenvalue weighted by molar-refractivity contribution is 0.598. The Morgan fingerprint density at radius 3 is 3.00 bits per heavy atom. The number of aryl methyl sites for hydroxylation is 1. The second kappa shape index (κ2) is 4.53. The lowest BCUT2D eigenvalue weighted by atomic mass is 9.88. The molecule has 1 aliphatic rings. The highest BCUT2D eigenvalue weighted by molar-refractivity contribution is 5.40. The van der Waals surface area contributed by atoms with Gasteiger partial charge in [-0.25, -0.2) is 4.98 Å². The van der Waals surface area contributed by atoms with Gasteiger partial charge in [0, 0.05) is 12.4 Å². The first-order valence-corrected chi connectivity index (χ1v) is 6.04. The predicted molar refractivity (Wildman–Crippen MR) is 67.8 cm³/mol. The van der Waals surface area contributed by atoms with Gasteiger partial charge < -0.3 is 5.32 Å². The molecule has 1 aromatic heterocycles. The molecule has 0 saturated carbocycles. The molecule has 0 fully saturated rings. The van der Waals surface area contributed by atoms with Crippen LogP contribution in [0.5, 0.6) is 0 Å². The van der Waals surface area contributed by atoms with Gasteiger partial charge in [-0.15, -0.1) is 0 Å². The molecule has 1 aromatic carbocycles. The van der Waals surface area contributed by atoms with E-state index >= 15 is 0 Å². The Balaban J connectivity index is 1.86. The average Bonchev–Trinajstić information content (AvgIpc) is 2.40. The van der Waals surface area contributed by atoms with E-state index in [2.05, 4.69) is 39.6 Å². The van der Waals surface area contributed by atoms with Crippen molar-refractivity contribution in [2.24, 2.45) is 0 Å². The summed E-state index contributed by atoms with van der Waals surface area (Å²) < 4.78 is 0. The van der Waals surface area contributed by atoms with Crippen LogP contribution in [0.2, 0.25) is 0 Å². The Kier molecular flexibility index (Phi) is 2.74. The molecule has 0 amide bonds. The molecule has 3 heteroatoms. The van der Waals surface area contributed by atoms with Gasteiger partial charge in [0.05, 0.1) is 12.2 Å². The van der Waals surface area contributed by atoms with Crippen molar-refractivity contribution in [3.8, 4) is 0 Å². The van der Waals surface area contributed by atoms with Gasteiger partial charge in [-0.1, -0.05) is 24.3 Å². The standard InChI is InChI=1S/C14H15N3/c1-2-6-12-11(4-1)5-3-7-13(12)17-14-10-15-8-9-16-14/h1-2,4,6,8-10,13H,3,5,7H2,(H,16,17). The smallest absolute Gasteiger partial charge is 0.144 e. The van der Waals surface area contributed by atoms with Gasteiger partial charge in [-0.05, 0) is 30.4 Å². The number of rotatable bonds is 2. The summed E-state index contributed by atoms with van der Waals surface area (Å²) in [6.07, 6.45) is 8.77. The summed E-state index contributed by atoms with van der Waals surface area (Å²) in [5.41, 5.74) is 2.87. The van der Waals surface area contributed by atoms with Crippen LogP contribution < -0.4 is 5.32 Å². The molecule has 1 N–H and O–H groups in total. The molecule has 3 nitrogen and oxygen atoms in total. The molecule has 1 atom stereocenters. The van der Waals surface area contributed by atoms with Gasteiger partial charge in [0.25, 0.3) is 0 Å². The van der Waals surface area contributed by atoms with Crippen molar-refractivity contribution in [3.63, 3.8) is 0 Å². The van der Waals surface area contributed by atoms with E-state index in [1.807, 2.05) is 0 Å². The average molecular weight is 225 g/mol. The third-order valence-corrected chi connectivity index (χ3v) is 3.25. The minimum atomic E-state index is 0.372. The number of benzene rings is 1. The highest BCUT2D eigenvalue weighted by Crippen LogP contribution is 2.31. The van der Waals surface area contributed by atoms with Crippen LogP contribution in [0.1, 0.15) is 30.0 Å². The predicted octanol–water partition coefficient (Wildman–Crippen LogP) is 2.97. The molecule has 3 rings (SSSR count). The zero-order valence-corrected chi connectivity index (χ0v) is 9.63. The Hall–Kier alpha value is -1.90. The molecule has 0 aliphatic heterocycles. The first-order valence-electron chi connectivity index (χ1n) is 6.04. The van der Waals surface area contributed by atoms with Crippen LogP contribution in [0.3, 0.4) is 0 Å². The lowest BCUT2D eigenvalue weighted by Gasteiger charge is -2.26. The van der Waals surface area contributed by atoms with Gasteiger partial charge >= 0.3 is 0 Å². The molecular weight excluding hydrogens is 210 g/mol. The van der Waals surface area contributed by atoms with Crippen molar-refractivity contribution in [1.29, 1.82) is 0 Å². The molecule has 2 aromatic rings. The Morgan fingerprint density at radius 1 is 1.18 bits per heavy atom. The first kappa shape index (κ1) is 10.3. The quantitative estimate of drug-likeness (QED) is 0.853. The van der Waals surface area contributed by atoms with Crippen LogP contribution in [0.15, 0.2) is 42.9 Å². The summed E-state index contributed by atoms with van der Waals surface area (Å²) in [6, 6.07) is 9.03. The number of hydrogen-bond acceptors (Lipinski definition) is 3. The minimum Gasteiger partial charge on any atom is -0.362 e. The fourth-order valence-corrected chi connectivity index (χ4v) is 2.46. The van der Waals surface area contributed by atoms with E-state index in [4.69, 9.17) is 0 Å². The van der Waals surface area contributed by atoms with Gasteiger partial charge in [0.2, 0.25) is 0 Å².